The van der Waals surface area contributed by atoms with E-state index in [9.17, 15) is 15.2 Å². The second-order valence-corrected chi connectivity index (χ2v) is 5.42. The molecular formula is C10H15N3O4S. The van der Waals surface area contributed by atoms with Gasteiger partial charge in [-0.15, -0.1) is 0 Å². The van der Waals surface area contributed by atoms with Crippen LogP contribution in [-0.2, 0) is 4.74 Å². The van der Waals surface area contributed by atoms with Gasteiger partial charge in [-0.05, 0) is 11.3 Å². The average molecular weight is 273 g/mol. The van der Waals surface area contributed by atoms with Gasteiger partial charge >= 0.3 is 5.00 Å². The van der Waals surface area contributed by atoms with Crippen LogP contribution in [0.3, 0.4) is 0 Å². The Bertz CT molecular complexity index is 431. The third-order valence-electron chi connectivity index (χ3n) is 2.94. The van der Waals surface area contributed by atoms with E-state index in [4.69, 9.17) is 4.74 Å². The highest BCUT2D eigenvalue weighted by molar-refractivity contribution is 7.18. The van der Waals surface area contributed by atoms with Gasteiger partial charge in [-0.3, -0.25) is 10.1 Å². The quantitative estimate of drug-likeness (QED) is 0.651. The number of hydrogen-bond acceptors (Lipinski definition) is 7. The summed E-state index contributed by atoms with van der Waals surface area (Å²) in [5.74, 6) is 0. The summed E-state index contributed by atoms with van der Waals surface area (Å²) in [7, 11) is 1.77. The molecule has 0 aromatic carbocycles. The Morgan fingerprint density at radius 1 is 1.67 bits per heavy atom. The number of ether oxygens (including phenoxy) is 1. The molecule has 18 heavy (non-hydrogen) atoms. The van der Waals surface area contributed by atoms with Crippen LogP contribution < -0.4 is 4.90 Å². The molecule has 0 radical (unpaired) electrons. The predicted octanol–water partition coefficient (Wildman–Crippen LogP) is 1.03. The van der Waals surface area contributed by atoms with E-state index in [1.807, 2.05) is 0 Å². The van der Waals surface area contributed by atoms with E-state index < -0.39 is 10.5 Å². The van der Waals surface area contributed by atoms with E-state index in [0.717, 1.165) is 11.3 Å². The fraction of sp³-hybridized carbons (Fsp3) is 0.700. The van der Waals surface area contributed by atoms with Crippen molar-refractivity contribution < 1.29 is 14.8 Å². The van der Waals surface area contributed by atoms with Gasteiger partial charge in [0.05, 0.1) is 10.5 Å². The third kappa shape index (κ3) is 2.95. The van der Waals surface area contributed by atoms with E-state index in [0.29, 0.717) is 37.7 Å². The second-order valence-electron chi connectivity index (χ2n) is 4.43. The maximum Gasteiger partial charge on any atom is 0.345 e. The summed E-state index contributed by atoms with van der Waals surface area (Å²) in [6, 6.07) is 0. The van der Waals surface area contributed by atoms with Crippen LogP contribution in [0.2, 0.25) is 0 Å². The maximum absolute atomic E-state index is 10.6. The summed E-state index contributed by atoms with van der Waals surface area (Å²) in [6.45, 7) is 1.49. The fourth-order valence-corrected chi connectivity index (χ4v) is 2.63. The summed E-state index contributed by atoms with van der Waals surface area (Å²) in [6.07, 6.45) is 2.39. The van der Waals surface area contributed by atoms with E-state index in [2.05, 4.69) is 4.98 Å². The lowest BCUT2D eigenvalue weighted by Gasteiger charge is -2.35. The standard InChI is InChI=1S/C10H15N3O4S/c1-12(7-10(14)2-4-17-5-3-10)9-11-6-8(18-9)13(15)16/h6,14H,2-5,7H2,1H3. The molecule has 1 aromatic heterocycles. The van der Waals surface area contributed by atoms with E-state index in [-0.39, 0.29) is 5.00 Å². The first-order valence-electron chi connectivity index (χ1n) is 5.62. The Morgan fingerprint density at radius 2 is 2.33 bits per heavy atom. The minimum absolute atomic E-state index is 0.0100. The van der Waals surface area contributed by atoms with Gasteiger partial charge in [0.2, 0.25) is 0 Å². The lowest BCUT2D eigenvalue weighted by atomic mass is 9.94. The Morgan fingerprint density at radius 3 is 2.89 bits per heavy atom. The molecule has 0 spiro atoms. The van der Waals surface area contributed by atoms with Gasteiger partial charge in [0.15, 0.2) is 5.13 Å². The number of aliphatic hydroxyl groups is 1. The molecule has 0 bridgehead atoms. The van der Waals surface area contributed by atoms with Gasteiger partial charge in [0.25, 0.3) is 0 Å². The molecular weight excluding hydrogens is 258 g/mol. The van der Waals surface area contributed by atoms with E-state index in [1.165, 1.54) is 6.20 Å². The first-order valence-corrected chi connectivity index (χ1v) is 6.43. The van der Waals surface area contributed by atoms with Gasteiger partial charge in [-0.25, -0.2) is 4.98 Å². The molecule has 8 heteroatoms. The third-order valence-corrected chi connectivity index (χ3v) is 4.01. The van der Waals surface area contributed by atoms with Crippen LogP contribution >= 0.6 is 11.3 Å². The molecule has 0 saturated carbocycles. The minimum Gasteiger partial charge on any atom is -0.388 e. The SMILES string of the molecule is CN(CC1(O)CCOCC1)c1ncc([N+](=O)[O-])s1. The molecule has 2 heterocycles. The van der Waals surface area contributed by atoms with Crippen molar-refractivity contribution in [1.29, 1.82) is 0 Å². The zero-order valence-electron chi connectivity index (χ0n) is 10.0. The number of likely N-dealkylation sites (N-methyl/N-ethyl adjacent to an activating group) is 1. The van der Waals surface area contributed by atoms with E-state index in [1.54, 1.807) is 11.9 Å². The second kappa shape index (κ2) is 5.17. The number of anilines is 1. The molecule has 2 rings (SSSR count). The molecule has 1 aliphatic heterocycles. The van der Waals surface area contributed by atoms with Gasteiger partial charge in [-0.1, -0.05) is 0 Å². The van der Waals surface area contributed by atoms with Crippen molar-refractivity contribution in [3.05, 3.63) is 16.3 Å². The molecule has 0 unspecified atom stereocenters. The molecule has 7 nitrogen and oxygen atoms in total. The Hall–Kier alpha value is -1.25. The lowest BCUT2D eigenvalue weighted by molar-refractivity contribution is -0.380. The van der Waals surface area contributed by atoms with Crippen LogP contribution in [0, 0.1) is 10.1 Å². The Kier molecular flexibility index (Phi) is 3.79. The zero-order valence-corrected chi connectivity index (χ0v) is 10.9. The number of rotatable bonds is 4. The van der Waals surface area contributed by atoms with Crippen molar-refractivity contribution >= 4 is 21.5 Å². The molecule has 0 aliphatic carbocycles. The fourth-order valence-electron chi connectivity index (χ4n) is 1.94. The molecule has 0 amide bonds. The van der Waals surface area contributed by atoms with Crippen molar-refractivity contribution in [1.82, 2.24) is 4.98 Å². The lowest BCUT2D eigenvalue weighted by Crippen LogP contribution is -2.45. The Balaban J connectivity index is 2.01. The first kappa shape index (κ1) is 13.2. The molecule has 1 N–H and O–H groups in total. The largest absolute Gasteiger partial charge is 0.388 e. The summed E-state index contributed by atoms with van der Waals surface area (Å²) in [4.78, 5) is 15.9. The van der Waals surface area contributed by atoms with Crippen molar-refractivity contribution in [2.24, 2.45) is 0 Å². The maximum atomic E-state index is 10.6. The van der Waals surface area contributed by atoms with Crippen molar-refractivity contribution in [3.63, 3.8) is 0 Å². The number of nitrogens with zero attached hydrogens (tertiary/aromatic N) is 3. The average Bonchev–Trinajstić information content (AvgIpc) is 2.78. The van der Waals surface area contributed by atoms with Crippen LogP contribution in [0.1, 0.15) is 12.8 Å². The van der Waals surface area contributed by atoms with E-state index >= 15 is 0 Å². The smallest absolute Gasteiger partial charge is 0.345 e. The highest BCUT2D eigenvalue weighted by Crippen LogP contribution is 2.30. The summed E-state index contributed by atoms with van der Waals surface area (Å²) >= 11 is 1.01. The topological polar surface area (TPSA) is 88.7 Å². The first-order chi connectivity index (χ1) is 8.50. The minimum atomic E-state index is -0.798. The molecule has 1 aromatic rings. The van der Waals surface area contributed by atoms with Gasteiger partial charge in [0.1, 0.15) is 6.20 Å². The molecule has 1 aliphatic rings. The number of hydrogen-bond donors (Lipinski definition) is 1. The highest BCUT2D eigenvalue weighted by atomic mass is 32.1. The summed E-state index contributed by atoms with van der Waals surface area (Å²) in [5, 5.41) is 21.5. The van der Waals surface area contributed by atoms with Crippen molar-refractivity contribution in [2.75, 3.05) is 31.7 Å². The number of aromatic nitrogens is 1. The molecule has 1 saturated heterocycles. The van der Waals surface area contributed by atoms with Crippen LogP contribution in [0.15, 0.2) is 6.20 Å². The highest BCUT2D eigenvalue weighted by Gasteiger charge is 2.32. The van der Waals surface area contributed by atoms with Gasteiger partial charge in [-0.2, -0.15) is 0 Å². The Labute approximate surface area is 108 Å². The summed E-state index contributed by atoms with van der Waals surface area (Å²) < 4.78 is 5.21. The normalized spacial score (nSPS) is 18.6. The predicted molar refractivity (Wildman–Crippen MR) is 67.0 cm³/mol. The van der Waals surface area contributed by atoms with Crippen molar-refractivity contribution in [3.8, 4) is 0 Å². The van der Waals surface area contributed by atoms with Crippen LogP contribution in [0.5, 0.6) is 0 Å². The van der Waals surface area contributed by atoms with Crippen molar-refractivity contribution in [2.45, 2.75) is 18.4 Å². The zero-order chi connectivity index (χ0) is 13.2. The monoisotopic (exact) mass is 273 g/mol. The number of thiazole rings is 1. The summed E-state index contributed by atoms with van der Waals surface area (Å²) in [5.41, 5.74) is -0.798. The number of nitro groups is 1. The van der Waals surface area contributed by atoms with Crippen LogP contribution in [0.25, 0.3) is 0 Å². The molecule has 1 fully saturated rings. The van der Waals surface area contributed by atoms with Crippen LogP contribution in [-0.4, -0.2) is 47.4 Å². The molecule has 100 valence electrons. The van der Waals surface area contributed by atoms with Gasteiger partial charge < -0.3 is 14.7 Å². The van der Waals surface area contributed by atoms with Crippen LogP contribution in [0.4, 0.5) is 10.1 Å². The van der Waals surface area contributed by atoms with Gasteiger partial charge in [0, 0.05) is 39.6 Å². The molecule has 0 atom stereocenters.